The van der Waals surface area contributed by atoms with Gasteiger partial charge in [-0.2, -0.15) is 5.10 Å². The molecule has 1 heterocycles. The fourth-order valence-electron chi connectivity index (χ4n) is 1.71. The highest BCUT2D eigenvalue weighted by atomic mass is 32.2. The third-order valence-electron chi connectivity index (χ3n) is 2.31. The van der Waals surface area contributed by atoms with Crippen LogP contribution in [-0.4, -0.2) is 41.5 Å². The molecule has 0 amide bonds. The normalized spacial score (nSPS) is 12.9. The van der Waals surface area contributed by atoms with E-state index in [-0.39, 0.29) is 0 Å². The van der Waals surface area contributed by atoms with Crippen molar-refractivity contribution < 1.29 is 8.42 Å². The Bertz CT molecular complexity index is 480. The second kappa shape index (κ2) is 5.77. The zero-order valence-electron chi connectivity index (χ0n) is 11.3. The predicted octanol–water partition coefficient (Wildman–Crippen LogP) is -0.285. The fourth-order valence-corrected chi connectivity index (χ4v) is 2.79. The van der Waals surface area contributed by atoms with Crippen LogP contribution in [0.1, 0.15) is 26.6 Å². The maximum Gasteiger partial charge on any atom is 0.209 e. The Kier molecular flexibility index (Phi) is 4.83. The fraction of sp³-hybridized carbons (Fsp3) is 0.800. The number of sulfonamides is 1. The van der Waals surface area contributed by atoms with Gasteiger partial charge in [-0.15, -0.1) is 0 Å². The molecule has 0 bridgehead atoms. The van der Waals surface area contributed by atoms with Gasteiger partial charge in [0.25, 0.3) is 0 Å². The van der Waals surface area contributed by atoms with Gasteiger partial charge in [0, 0.05) is 18.6 Å². The van der Waals surface area contributed by atoms with Crippen LogP contribution in [0.3, 0.4) is 0 Å². The molecule has 0 atom stereocenters. The molecule has 0 saturated carbocycles. The largest absolute Gasteiger partial charge is 0.308 e. The van der Waals surface area contributed by atoms with Crippen LogP contribution in [0.4, 0.5) is 0 Å². The third kappa shape index (κ3) is 5.11. The van der Waals surface area contributed by atoms with Gasteiger partial charge < -0.3 is 5.32 Å². The SMILES string of the molecule is CCn1ncnc1CNCC(C)(C)NS(C)(=O)=O. The lowest BCUT2D eigenvalue weighted by Gasteiger charge is -2.25. The van der Waals surface area contributed by atoms with Gasteiger partial charge in [-0.1, -0.05) is 0 Å². The summed E-state index contributed by atoms with van der Waals surface area (Å²) in [4.78, 5) is 4.13. The number of nitrogens with zero attached hydrogens (tertiary/aromatic N) is 3. The van der Waals surface area contributed by atoms with Crippen molar-refractivity contribution in [2.75, 3.05) is 12.8 Å². The van der Waals surface area contributed by atoms with Crippen molar-refractivity contribution in [3.63, 3.8) is 0 Å². The van der Waals surface area contributed by atoms with Crippen LogP contribution in [0.2, 0.25) is 0 Å². The first kappa shape index (κ1) is 15.1. The summed E-state index contributed by atoms with van der Waals surface area (Å²) in [5.41, 5.74) is -0.537. The number of aryl methyl sites for hydroxylation is 1. The van der Waals surface area contributed by atoms with Crippen molar-refractivity contribution in [1.29, 1.82) is 0 Å². The van der Waals surface area contributed by atoms with E-state index in [1.165, 1.54) is 6.33 Å². The molecule has 0 unspecified atom stereocenters. The summed E-state index contributed by atoms with van der Waals surface area (Å²) in [6.07, 6.45) is 2.67. The van der Waals surface area contributed by atoms with Crippen LogP contribution >= 0.6 is 0 Å². The average molecular weight is 275 g/mol. The van der Waals surface area contributed by atoms with Gasteiger partial charge in [-0.05, 0) is 20.8 Å². The van der Waals surface area contributed by atoms with Gasteiger partial charge in [0.15, 0.2) is 0 Å². The van der Waals surface area contributed by atoms with Gasteiger partial charge in [-0.25, -0.2) is 22.8 Å². The Morgan fingerprint density at radius 3 is 2.67 bits per heavy atom. The number of nitrogens with one attached hydrogen (secondary N) is 2. The van der Waals surface area contributed by atoms with E-state index in [0.717, 1.165) is 18.6 Å². The lowest BCUT2D eigenvalue weighted by Crippen LogP contribution is -2.49. The van der Waals surface area contributed by atoms with E-state index in [2.05, 4.69) is 20.1 Å². The van der Waals surface area contributed by atoms with Crippen LogP contribution < -0.4 is 10.0 Å². The van der Waals surface area contributed by atoms with Crippen molar-refractivity contribution in [3.05, 3.63) is 12.2 Å². The van der Waals surface area contributed by atoms with Gasteiger partial charge in [0.05, 0.1) is 12.8 Å². The second-order valence-electron chi connectivity index (χ2n) is 4.85. The van der Waals surface area contributed by atoms with Gasteiger partial charge >= 0.3 is 0 Å². The highest BCUT2D eigenvalue weighted by Gasteiger charge is 2.21. The van der Waals surface area contributed by atoms with E-state index >= 15 is 0 Å². The third-order valence-corrected chi connectivity index (χ3v) is 3.23. The lowest BCUT2D eigenvalue weighted by molar-refractivity contribution is 0.414. The summed E-state index contributed by atoms with van der Waals surface area (Å²) in [6.45, 7) is 7.48. The quantitative estimate of drug-likeness (QED) is 0.714. The van der Waals surface area contributed by atoms with Crippen LogP contribution in [0.5, 0.6) is 0 Å². The zero-order valence-corrected chi connectivity index (χ0v) is 12.1. The number of rotatable bonds is 7. The van der Waals surface area contributed by atoms with Gasteiger partial charge in [0.2, 0.25) is 10.0 Å². The van der Waals surface area contributed by atoms with Crippen molar-refractivity contribution in [1.82, 2.24) is 24.8 Å². The van der Waals surface area contributed by atoms with Gasteiger partial charge in [-0.3, -0.25) is 0 Å². The summed E-state index contributed by atoms with van der Waals surface area (Å²) in [5.74, 6) is 0.840. The van der Waals surface area contributed by atoms with E-state index in [9.17, 15) is 8.42 Å². The van der Waals surface area contributed by atoms with Crippen molar-refractivity contribution in [3.8, 4) is 0 Å². The molecule has 0 aliphatic heterocycles. The molecule has 0 aromatic carbocycles. The molecule has 1 aromatic heterocycles. The molecule has 1 aromatic rings. The van der Waals surface area contributed by atoms with Crippen LogP contribution in [-0.2, 0) is 23.1 Å². The van der Waals surface area contributed by atoms with Crippen molar-refractivity contribution >= 4 is 10.0 Å². The van der Waals surface area contributed by atoms with E-state index in [0.29, 0.717) is 13.1 Å². The molecular formula is C10H21N5O2S. The topological polar surface area (TPSA) is 88.9 Å². The van der Waals surface area contributed by atoms with Gasteiger partial charge in [0.1, 0.15) is 12.2 Å². The summed E-state index contributed by atoms with van der Waals surface area (Å²) in [6, 6.07) is 0. The Morgan fingerprint density at radius 1 is 1.44 bits per heavy atom. The number of hydrogen-bond donors (Lipinski definition) is 2. The molecule has 8 heteroatoms. The average Bonchev–Trinajstić information content (AvgIpc) is 2.61. The Balaban J connectivity index is 2.46. The van der Waals surface area contributed by atoms with E-state index < -0.39 is 15.6 Å². The molecule has 0 spiro atoms. The molecule has 104 valence electrons. The highest BCUT2D eigenvalue weighted by molar-refractivity contribution is 7.88. The highest BCUT2D eigenvalue weighted by Crippen LogP contribution is 2.02. The Labute approximate surface area is 108 Å². The molecule has 1 rings (SSSR count). The first-order valence-corrected chi connectivity index (χ1v) is 7.69. The van der Waals surface area contributed by atoms with E-state index in [1.54, 1.807) is 4.68 Å². The minimum atomic E-state index is -3.20. The number of hydrogen-bond acceptors (Lipinski definition) is 5. The maximum absolute atomic E-state index is 11.2. The zero-order chi connectivity index (χ0) is 13.8. The standard InChI is InChI=1S/C10H21N5O2S/c1-5-15-9(12-8-13-15)6-11-7-10(2,3)14-18(4,16)17/h8,11,14H,5-7H2,1-4H3. The summed E-state index contributed by atoms with van der Waals surface area (Å²) < 4.78 is 26.7. The second-order valence-corrected chi connectivity index (χ2v) is 6.60. The maximum atomic E-state index is 11.2. The summed E-state index contributed by atoms with van der Waals surface area (Å²) in [7, 11) is -3.20. The van der Waals surface area contributed by atoms with Crippen molar-refractivity contribution in [2.24, 2.45) is 0 Å². The Morgan fingerprint density at radius 2 is 2.11 bits per heavy atom. The minimum absolute atomic E-state index is 0.511. The Hall–Kier alpha value is -0.990. The molecule has 0 saturated heterocycles. The van der Waals surface area contributed by atoms with Crippen LogP contribution in [0.25, 0.3) is 0 Å². The first-order chi connectivity index (χ1) is 8.23. The minimum Gasteiger partial charge on any atom is -0.308 e. The molecule has 0 radical (unpaired) electrons. The predicted molar refractivity (Wildman–Crippen MR) is 69.5 cm³/mol. The first-order valence-electron chi connectivity index (χ1n) is 5.80. The van der Waals surface area contributed by atoms with Crippen LogP contribution in [0.15, 0.2) is 6.33 Å². The smallest absolute Gasteiger partial charge is 0.209 e. The molecule has 0 fully saturated rings. The lowest BCUT2D eigenvalue weighted by atomic mass is 10.1. The summed E-state index contributed by atoms with van der Waals surface area (Å²) in [5, 5.41) is 7.24. The number of aromatic nitrogens is 3. The molecule has 0 aliphatic carbocycles. The molecule has 7 nitrogen and oxygen atoms in total. The molecule has 18 heavy (non-hydrogen) atoms. The van der Waals surface area contributed by atoms with Crippen molar-refractivity contribution in [2.45, 2.75) is 39.4 Å². The van der Waals surface area contributed by atoms with E-state index in [4.69, 9.17) is 0 Å². The monoisotopic (exact) mass is 275 g/mol. The van der Waals surface area contributed by atoms with Crippen LogP contribution in [0, 0.1) is 0 Å². The summed E-state index contributed by atoms with van der Waals surface area (Å²) >= 11 is 0. The molecule has 0 aliphatic rings. The molecular weight excluding hydrogens is 254 g/mol. The molecule has 2 N–H and O–H groups in total. The van der Waals surface area contributed by atoms with E-state index in [1.807, 2.05) is 20.8 Å².